The number of benzene rings is 2. The molecule has 2 aromatic carbocycles. The molecule has 0 spiro atoms. The molecule has 0 N–H and O–H groups in total. The van der Waals surface area contributed by atoms with E-state index in [9.17, 15) is 9.18 Å². The first-order valence-corrected chi connectivity index (χ1v) is 7.50. The molecule has 0 amide bonds. The van der Waals surface area contributed by atoms with Crippen LogP contribution < -0.4 is 0 Å². The van der Waals surface area contributed by atoms with Crippen molar-refractivity contribution in [3.8, 4) is 22.3 Å². The van der Waals surface area contributed by atoms with E-state index in [4.69, 9.17) is 4.74 Å². The van der Waals surface area contributed by atoms with E-state index in [1.54, 1.807) is 19.1 Å². The molecule has 4 heteroatoms. The summed E-state index contributed by atoms with van der Waals surface area (Å²) in [5.41, 5.74) is 4.89. The molecule has 1 heterocycles. The van der Waals surface area contributed by atoms with E-state index in [-0.39, 0.29) is 5.97 Å². The monoisotopic (exact) mass is 321 g/mol. The number of methoxy groups -OCH3 is 1. The second-order valence-electron chi connectivity index (χ2n) is 5.47. The van der Waals surface area contributed by atoms with E-state index in [1.165, 1.54) is 13.2 Å². The number of esters is 1. The van der Waals surface area contributed by atoms with E-state index in [1.807, 2.05) is 42.5 Å². The highest BCUT2D eigenvalue weighted by Crippen LogP contribution is 2.26. The lowest BCUT2D eigenvalue weighted by Gasteiger charge is -2.07. The zero-order valence-electron chi connectivity index (χ0n) is 13.4. The molecular formula is C20H16FNO2. The van der Waals surface area contributed by atoms with Crippen molar-refractivity contribution in [1.29, 1.82) is 0 Å². The topological polar surface area (TPSA) is 39.2 Å². The molecule has 24 heavy (non-hydrogen) atoms. The van der Waals surface area contributed by atoms with Crippen LogP contribution in [-0.4, -0.2) is 18.1 Å². The van der Waals surface area contributed by atoms with Gasteiger partial charge in [-0.05, 0) is 47.4 Å². The number of hydrogen-bond donors (Lipinski definition) is 0. The largest absolute Gasteiger partial charge is 0.465 e. The van der Waals surface area contributed by atoms with Gasteiger partial charge in [-0.3, -0.25) is 0 Å². The average molecular weight is 321 g/mol. The van der Waals surface area contributed by atoms with E-state index in [2.05, 4.69) is 4.98 Å². The van der Waals surface area contributed by atoms with Crippen LogP contribution in [0.4, 0.5) is 4.39 Å². The molecule has 0 radical (unpaired) electrons. The fourth-order valence-electron chi connectivity index (χ4n) is 2.57. The maximum absolute atomic E-state index is 13.4. The summed E-state index contributed by atoms with van der Waals surface area (Å²) in [6.07, 6.45) is 0. The van der Waals surface area contributed by atoms with Crippen LogP contribution in [0.3, 0.4) is 0 Å². The molecule has 3 aromatic rings. The Morgan fingerprint density at radius 3 is 1.88 bits per heavy atom. The number of carbonyl (C=O) groups excluding carboxylic acids is 1. The predicted molar refractivity (Wildman–Crippen MR) is 91.1 cm³/mol. The molecule has 0 saturated heterocycles. The van der Waals surface area contributed by atoms with Crippen molar-refractivity contribution in [3.05, 3.63) is 77.9 Å². The number of rotatable bonds is 3. The number of aromatic nitrogens is 1. The van der Waals surface area contributed by atoms with Crippen molar-refractivity contribution in [2.45, 2.75) is 6.92 Å². The molecule has 0 aliphatic carbocycles. The summed E-state index contributed by atoms with van der Waals surface area (Å²) in [6, 6.07) is 18.3. The maximum atomic E-state index is 13.4. The number of hydrogen-bond acceptors (Lipinski definition) is 3. The number of pyridine rings is 1. The summed E-state index contributed by atoms with van der Waals surface area (Å²) in [4.78, 5) is 15.2. The molecule has 0 atom stereocenters. The Morgan fingerprint density at radius 2 is 1.38 bits per heavy atom. The third-order valence-electron chi connectivity index (χ3n) is 3.78. The zero-order valence-corrected chi connectivity index (χ0v) is 13.4. The lowest BCUT2D eigenvalue weighted by Crippen LogP contribution is -2.00. The summed E-state index contributed by atoms with van der Waals surface area (Å²) >= 11 is 0. The molecule has 1 aromatic heterocycles. The minimum Gasteiger partial charge on any atom is -0.465 e. The SMILES string of the molecule is COC(=O)c1ccc(-c2ccc(-c3cc(C)nc(F)c3)cc2)cc1. The normalized spacial score (nSPS) is 10.5. The smallest absolute Gasteiger partial charge is 0.337 e. The first kappa shape index (κ1) is 15.9. The van der Waals surface area contributed by atoms with Gasteiger partial charge in [0.05, 0.1) is 12.7 Å². The van der Waals surface area contributed by atoms with E-state index in [0.717, 1.165) is 22.3 Å². The molecule has 0 bridgehead atoms. The van der Waals surface area contributed by atoms with E-state index in [0.29, 0.717) is 11.3 Å². The van der Waals surface area contributed by atoms with Gasteiger partial charge in [0.2, 0.25) is 5.95 Å². The van der Waals surface area contributed by atoms with Crippen LogP contribution >= 0.6 is 0 Å². The molecule has 0 unspecified atom stereocenters. The van der Waals surface area contributed by atoms with E-state index < -0.39 is 5.95 Å². The Labute approximate surface area is 139 Å². The summed E-state index contributed by atoms with van der Waals surface area (Å²) in [6.45, 7) is 1.77. The average Bonchev–Trinajstić information content (AvgIpc) is 2.60. The fraction of sp³-hybridized carbons (Fsp3) is 0.100. The van der Waals surface area contributed by atoms with Crippen LogP contribution in [0.5, 0.6) is 0 Å². The Hall–Kier alpha value is -3.01. The van der Waals surface area contributed by atoms with Gasteiger partial charge in [0, 0.05) is 11.8 Å². The van der Waals surface area contributed by atoms with Crippen molar-refractivity contribution >= 4 is 5.97 Å². The maximum Gasteiger partial charge on any atom is 0.337 e. The van der Waals surface area contributed by atoms with Gasteiger partial charge in [0.1, 0.15) is 0 Å². The zero-order chi connectivity index (χ0) is 17.1. The minimum absolute atomic E-state index is 0.355. The summed E-state index contributed by atoms with van der Waals surface area (Å²) in [5.74, 6) is -0.834. The van der Waals surface area contributed by atoms with E-state index >= 15 is 0 Å². The van der Waals surface area contributed by atoms with Crippen LogP contribution in [0.2, 0.25) is 0 Å². The van der Waals surface area contributed by atoms with Gasteiger partial charge in [0.25, 0.3) is 0 Å². The molecule has 0 saturated carbocycles. The summed E-state index contributed by atoms with van der Waals surface area (Å²) in [5, 5.41) is 0. The highest BCUT2D eigenvalue weighted by Gasteiger charge is 2.06. The van der Waals surface area contributed by atoms with Crippen molar-refractivity contribution in [2.75, 3.05) is 7.11 Å². The number of ether oxygens (including phenoxy) is 1. The molecule has 0 aliphatic rings. The quantitative estimate of drug-likeness (QED) is 0.521. The standard InChI is InChI=1S/C20H16FNO2/c1-13-11-18(12-19(21)22-13)16-5-3-14(4-6-16)15-7-9-17(10-8-15)20(23)24-2/h3-12H,1-2H3. The Bertz CT molecular complexity index is 851. The number of nitrogens with zero attached hydrogens (tertiary/aromatic N) is 1. The second-order valence-corrected chi connectivity index (χ2v) is 5.47. The van der Waals surface area contributed by atoms with Crippen molar-refractivity contribution < 1.29 is 13.9 Å². The molecule has 120 valence electrons. The van der Waals surface area contributed by atoms with Crippen LogP contribution in [0.25, 0.3) is 22.3 Å². The van der Waals surface area contributed by atoms with Gasteiger partial charge in [-0.25, -0.2) is 9.78 Å². The van der Waals surface area contributed by atoms with Crippen LogP contribution in [0.15, 0.2) is 60.7 Å². The molecule has 3 nitrogen and oxygen atoms in total. The minimum atomic E-state index is -0.479. The lowest BCUT2D eigenvalue weighted by molar-refractivity contribution is 0.0601. The van der Waals surface area contributed by atoms with Crippen molar-refractivity contribution in [2.24, 2.45) is 0 Å². The van der Waals surface area contributed by atoms with Crippen LogP contribution in [0.1, 0.15) is 16.1 Å². The third-order valence-corrected chi connectivity index (χ3v) is 3.78. The Kier molecular flexibility index (Phi) is 4.38. The highest BCUT2D eigenvalue weighted by atomic mass is 19.1. The highest BCUT2D eigenvalue weighted by molar-refractivity contribution is 5.90. The van der Waals surface area contributed by atoms with Crippen molar-refractivity contribution in [3.63, 3.8) is 0 Å². The summed E-state index contributed by atoms with van der Waals surface area (Å²) < 4.78 is 18.1. The van der Waals surface area contributed by atoms with Crippen LogP contribution in [0, 0.1) is 12.9 Å². The Balaban J connectivity index is 1.87. The Morgan fingerprint density at radius 1 is 0.875 bits per heavy atom. The number of halogens is 1. The number of carbonyl (C=O) groups is 1. The summed E-state index contributed by atoms with van der Waals surface area (Å²) in [7, 11) is 1.36. The fourth-order valence-corrected chi connectivity index (χ4v) is 2.57. The number of aryl methyl sites for hydroxylation is 1. The van der Waals surface area contributed by atoms with Crippen molar-refractivity contribution in [1.82, 2.24) is 4.98 Å². The van der Waals surface area contributed by atoms with Gasteiger partial charge >= 0.3 is 5.97 Å². The van der Waals surface area contributed by atoms with Gasteiger partial charge in [-0.2, -0.15) is 4.39 Å². The lowest BCUT2D eigenvalue weighted by atomic mass is 10.00. The molecular weight excluding hydrogens is 305 g/mol. The molecule has 0 aliphatic heterocycles. The third kappa shape index (κ3) is 3.33. The first-order chi connectivity index (χ1) is 11.6. The molecule has 3 rings (SSSR count). The van der Waals surface area contributed by atoms with Gasteiger partial charge in [-0.15, -0.1) is 0 Å². The predicted octanol–water partition coefficient (Wildman–Crippen LogP) is 4.65. The second kappa shape index (κ2) is 6.62. The van der Waals surface area contributed by atoms with Gasteiger partial charge in [-0.1, -0.05) is 36.4 Å². The first-order valence-electron chi connectivity index (χ1n) is 7.50. The van der Waals surface area contributed by atoms with Gasteiger partial charge < -0.3 is 4.74 Å². The van der Waals surface area contributed by atoms with Crippen LogP contribution in [-0.2, 0) is 4.74 Å². The molecule has 0 fully saturated rings. The van der Waals surface area contributed by atoms with Gasteiger partial charge in [0.15, 0.2) is 0 Å².